The molecule has 11 nitrogen and oxygen atoms in total. The normalized spacial score (nSPS) is 13.5. The molecule has 0 radical (unpaired) electrons. The van der Waals surface area contributed by atoms with Crippen LogP contribution < -0.4 is 0 Å². The first-order valence-corrected chi connectivity index (χ1v) is 12.9. The fourth-order valence-electron chi connectivity index (χ4n) is 4.02. The molecule has 0 aliphatic carbocycles. The Morgan fingerprint density at radius 1 is 0.810 bits per heavy atom. The summed E-state index contributed by atoms with van der Waals surface area (Å²) in [4.78, 5) is 48.5. The molecule has 0 spiro atoms. The molecule has 5 N–H and O–H groups in total. The Kier molecular flexibility index (Phi) is 13.8. The number of carbonyl (C=O) groups is 4. The highest BCUT2D eigenvalue weighted by molar-refractivity contribution is 5.90. The van der Waals surface area contributed by atoms with Crippen molar-refractivity contribution in [1.82, 2.24) is 14.9 Å². The predicted molar refractivity (Wildman–Crippen MR) is 151 cm³/mol. The van der Waals surface area contributed by atoms with Crippen molar-refractivity contribution in [3.63, 3.8) is 0 Å². The lowest BCUT2D eigenvalue weighted by Gasteiger charge is -2.31. The number of aromatic amines is 1. The van der Waals surface area contributed by atoms with Gasteiger partial charge in [-0.2, -0.15) is 0 Å². The Labute approximate surface area is 241 Å². The van der Waals surface area contributed by atoms with Gasteiger partial charge in [-0.3, -0.25) is 4.90 Å². The van der Waals surface area contributed by atoms with Crippen molar-refractivity contribution in [3.8, 4) is 11.4 Å². The average Bonchev–Trinajstić information content (AvgIpc) is 3.42. The standard InChI is InChI=1S/C22H24FN3.2C4H4O4/c23-20-8-6-19(7-9-20)22-24-15-21(25-22)16-26-12-10-18(11-13-26)14-17-4-2-1-3-5-17;2*5-3(6)1-2-4(7)8/h1-9,15,18H,10-14,16H2,(H,24,25);2*1-2H,(H,5,6)(H,7,8)/b;2*2-1-. The number of hydrogen-bond donors (Lipinski definition) is 5. The summed E-state index contributed by atoms with van der Waals surface area (Å²) >= 11 is 0. The van der Waals surface area contributed by atoms with Gasteiger partial charge in [0.05, 0.1) is 0 Å². The Bertz CT molecular complexity index is 1300. The largest absolute Gasteiger partial charge is 0.478 e. The quantitative estimate of drug-likeness (QED) is 0.231. The summed E-state index contributed by atoms with van der Waals surface area (Å²) in [5.74, 6) is -3.66. The van der Waals surface area contributed by atoms with Gasteiger partial charge in [0.1, 0.15) is 11.6 Å². The number of imidazole rings is 1. The summed E-state index contributed by atoms with van der Waals surface area (Å²) in [5.41, 5.74) is 3.48. The molecule has 0 unspecified atom stereocenters. The van der Waals surface area contributed by atoms with Crippen molar-refractivity contribution in [3.05, 3.63) is 102 Å². The van der Waals surface area contributed by atoms with Crippen molar-refractivity contribution in [2.75, 3.05) is 13.1 Å². The Morgan fingerprint density at radius 3 is 1.79 bits per heavy atom. The van der Waals surface area contributed by atoms with E-state index in [1.165, 1.54) is 37.0 Å². The molecule has 0 saturated carbocycles. The maximum Gasteiger partial charge on any atom is 0.328 e. The van der Waals surface area contributed by atoms with Crippen LogP contribution in [0.25, 0.3) is 11.4 Å². The number of benzene rings is 2. The van der Waals surface area contributed by atoms with Crippen molar-refractivity contribution in [2.24, 2.45) is 5.92 Å². The van der Waals surface area contributed by atoms with Gasteiger partial charge in [-0.1, -0.05) is 30.3 Å². The third-order valence-corrected chi connectivity index (χ3v) is 5.95. The minimum atomic E-state index is -1.26. The van der Waals surface area contributed by atoms with Gasteiger partial charge in [-0.15, -0.1) is 0 Å². The fourth-order valence-corrected chi connectivity index (χ4v) is 4.02. The first kappa shape index (κ1) is 33.1. The van der Waals surface area contributed by atoms with Crippen LogP contribution in [0.4, 0.5) is 4.39 Å². The molecule has 1 aromatic heterocycles. The zero-order valence-electron chi connectivity index (χ0n) is 22.6. The average molecular weight is 582 g/mol. The van der Waals surface area contributed by atoms with Crippen molar-refractivity contribution in [1.29, 1.82) is 0 Å². The van der Waals surface area contributed by atoms with Crippen molar-refractivity contribution >= 4 is 23.9 Å². The number of carboxylic acid groups (broad SMARTS) is 4. The zero-order chi connectivity index (χ0) is 30.9. The van der Waals surface area contributed by atoms with Gasteiger partial charge in [0, 0.05) is 48.3 Å². The molecule has 1 saturated heterocycles. The van der Waals surface area contributed by atoms with Crippen LogP contribution in [0.5, 0.6) is 0 Å². The second kappa shape index (κ2) is 17.6. The van der Waals surface area contributed by atoms with E-state index in [0.717, 1.165) is 42.6 Å². The summed E-state index contributed by atoms with van der Waals surface area (Å²) in [7, 11) is 0. The molecule has 12 heteroatoms. The van der Waals surface area contributed by atoms with Gasteiger partial charge in [-0.05, 0) is 68.1 Å². The lowest BCUT2D eigenvalue weighted by molar-refractivity contribution is -0.134. The molecule has 0 bridgehead atoms. The van der Waals surface area contributed by atoms with E-state index in [9.17, 15) is 23.6 Å². The second-order valence-corrected chi connectivity index (χ2v) is 9.19. The minimum Gasteiger partial charge on any atom is -0.478 e. The maximum absolute atomic E-state index is 13.0. The van der Waals surface area contributed by atoms with Gasteiger partial charge >= 0.3 is 23.9 Å². The molecule has 0 atom stereocenters. The number of nitrogens with one attached hydrogen (secondary N) is 1. The predicted octanol–water partition coefficient (Wildman–Crippen LogP) is 4.09. The van der Waals surface area contributed by atoms with E-state index in [1.807, 2.05) is 6.20 Å². The monoisotopic (exact) mass is 581 g/mol. The zero-order valence-corrected chi connectivity index (χ0v) is 22.6. The number of piperidine rings is 1. The summed E-state index contributed by atoms with van der Waals surface area (Å²) < 4.78 is 13.0. The molecule has 1 fully saturated rings. The highest BCUT2D eigenvalue weighted by Gasteiger charge is 2.20. The first-order chi connectivity index (χ1) is 20.0. The van der Waals surface area contributed by atoms with E-state index in [4.69, 9.17) is 20.4 Å². The fraction of sp³-hybridized carbons (Fsp3) is 0.233. The van der Waals surface area contributed by atoms with Gasteiger partial charge in [0.25, 0.3) is 0 Å². The molecule has 1 aliphatic heterocycles. The number of likely N-dealkylation sites (tertiary alicyclic amines) is 1. The van der Waals surface area contributed by atoms with Gasteiger partial charge in [0.2, 0.25) is 0 Å². The number of H-pyrrole nitrogens is 1. The van der Waals surface area contributed by atoms with Crippen LogP contribution in [0.2, 0.25) is 0 Å². The Balaban J connectivity index is 0.000000319. The molecule has 1 aliphatic rings. The number of hydrogen-bond acceptors (Lipinski definition) is 6. The lowest BCUT2D eigenvalue weighted by Crippen LogP contribution is -2.33. The summed E-state index contributed by atoms with van der Waals surface area (Å²) in [6, 6.07) is 17.2. The first-order valence-electron chi connectivity index (χ1n) is 12.9. The lowest BCUT2D eigenvalue weighted by atomic mass is 9.90. The van der Waals surface area contributed by atoms with Crippen LogP contribution in [0, 0.1) is 11.7 Å². The van der Waals surface area contributed by atoms with Crippen LogP contribution in [0.15, 0.2) is 85.1 Å². The summed E-state index contributed by atoms with van der Waals surface area (Å²) in [5, 5.41) is 31.2. The third-order valence-electron chi connectivity index (χ3n) is 5.95. The number of rotatable bonds is 9. The van der Waals surface area contributed by atoms with Gasteiger partial charge in [0.15, 0.2) is 0 Å². The SMILES string of the molecule is Fc1ccc(-c2ncc(CN3CCC(Cc4ccccc4)CC3)[nH]2)cc1.O=C(O)/C=C\C(=O)O.O=C(O)/C=C\C(=O)O. The number of halogens is 1. The molecule has 4 rings (SSSR count). The third kappa shape index (κ3) is 13.8. The van der Waals surface area contributed by atoms with Crippen LogP contribution in [-0.4, -0.2) is 72.3 Å². The van der Waals surface area contributed by atoms with Crippen LogP contribution >= 0.6 is 0 Å². The molecule has 222 valence electrons. The Hall–Kier alpha value is -5.10. The molecular weight excluding hydrogens is 549 g/mol. The smallest absolute Gasteiger partial charge is 0.328 e. The molecular formula is C30H32FN3O8. The van der Waals surface area contributed by atoms with E-state index in [1.54, 1.807) is 12.1 Å². The van der Waals surface area contributed by atoms with Crippen molar-refractivity contribution in [2.45, 2.75) is 25.8 Å². The number of carboxylic acids is 4. The molecule has 42 heavy (non-hydrogen) atoms. The number of aromatic nitrogens is 2. The minimum absolute atomic E-state index is 0.223. The Morgan fingerprint density at radius 2 is 1.31 bits per heavy atom. The van der Waals surface area contributed by atoms with E-state index < -0.39 is 23.9 Å². The molecule has 3 aromatic rings. The molecule has 0 amide bonds. The summed E-state index contributed by atoms with van der Waals surface area (Å²) in [6.45, 7) is 3.15. The topological polar surface area (TPSA) is 181 Å². The van der Waals surface area contributed by atoms with Gasteiger partial charge < -0.3 is 25.4 Å². The van der Waals surface area contributed by atoms with Crippen LogP contribution in [-0.2, 0) is 32.1 Å². The van der Waals surface area contributed by atoms with Gasteiger partial charge in [-0.25, -0.2) is 28.6 Å². The second-order valence-electron chi connectivity index (χ2n) is 9.19. The highest BCUT2D eigenvalue weighted by atomic mass is 19.1. The van der Waals surface area contributed by atoms with E-state index in [0.29, 0.717) is 24.3 Å². The van der Waals surface area contributed by atoms with Crippen LogP contribution in [0.3, 0.4) is 0 Å². The van der Waals surface area contributed by atoms with E-state index in [2.05, 4.69) is 45.2 Å². The van der Waals surface area contributed by atoms with E-state index in [-0.39, 0.29) is 5.82 Å². The van der Waals surface area contributed by atoms with Crippen molar-refractivity contribution < 1.29 is 44.0 Å². The molecule has 2 heterocycles. The maximum atomic E-state index is 13.0. The highest BCUT2D eigenvalue weighted by Crippen LogP contribution is 2.23. The van der Waals surface area contributed by atoms with E-state index >= 15 is 0 Å². The summed E-state index contributed by atoms with van der Waals surface area (Å²) in [6.07, 6.45) is 7.80. The van der Waals surface area contributed by atoms with Crippen LogP contribution in [0.1, 0.15) is 24.1 Å². The number of aliphatic carboxylic acids is 4. The number of nitrogens with zero attached hydrogens (tertiary/aromatic N) is 2. The molecule has 2 aromatic carbocycles.